The second-order valence-electron chi connectivity index (χ2n) is 7.41. The van der Waals surface area contributed by atoms with E-state index in [0.29, 0.717) is 6.54 Å². The Hall–Kier alpha value is -0.810. The van der Waals surface area contributed by atoms with Crippen molar-refractivity contribution >= 4 is 6.03 Å². The first-order chi connectivity index (χ1) is 11.1. The quantitative estimate of drug-likeness (QED) is 0.703. The van der Waals surface area contributed by atoms with E-state index in [1.807, 2.05) is 13.8 Å². The number of carbonyl (C=O) groups is 1. The minimum Gasteiger partial charge on any atom is -0.391 e. The Morgan fingerprint density at radius 2 is 1.83 bits per heavy atom. The van der Waals surface area contributed by atoms with E-state index in [4.69, 9.17) is 0 Å². The standard InChI is InChI=1S/C18H35N3O2/c1-3-14(2)17(22)13-19-18(23)20-15-9-11-21(12-10-15)16-7-5-4-6-8-16/h14-17,22H,3-13H2,1-2H3,(H2,19,20,23). The van der Waals surface area contributed by atoms with E-state index in [9.17, 15) is 9.90 Å². The maximum Gasteiger partial charge on any atom is 0.315 e. The Kier molecular flexibility index (Phi) is 7.63. The van der Waals surface area contributed by atoms with Crippen LogP contribution in [-0.4, -0.2) is 53.9 Å². The lowest BCUT2D eigenvalue weighted by Crippen LogP contribution is -2.51. The van der Waals surface area contributed by atoms with Gasteiger partial charge in [-0.2, -0.15) is 0 Å². The van der Waals surface area contributed by atoms with Crippen LogP contribution >= 0.6 is 0 Å². The molecule has 1 aliphatic heterocycles. The van der Waals surface area contributed by atoms with E-state index < -0.39 is 6.10 Å². The van der Waals surface area contributed by atoms with Crippen LogP contribution in [0, 0.1) is 5.92 Å². The average Bonchev–Trinajstić information content (AvgIpc) is 2.60. The molecular weight excluding hydrogens is 290 g/mol. The van der Waals surface area contributed by atoms with Gasteiger partial charge in [-0.1, -0.05) is 39.5 Å². The normalized spacial score (nSPS) is 24.1. The first kappa shape index (κ1) is 18.5. The zero-order valence-corrected chi connectivity index (χ0v) is 14.9. The predicted octanol–water partition coefficient (Wildman–Crippen LogP) is 2.49. The molecule has 23 heavy (non-hydrogen) atoms. The number of nitrogens with one attached hydrogen (secondary N) is 2. The molecule has 0 aromatic heterocycles. The molecule has 1 saturated carbocycles. The highest BCUT2D eigenvalue weighted by molar-refractivity contribution is 5.74. The minimum absolute atomic E-state index is 0.136. The second-order valence-corrected chi connectivity index (χ2v) is 7.41. The zero-order valence-electron chi connectivity index (χ0n) is 14.9. The number of rotatable bonds is 6. The van der Waals surface area contributed by atoms with E-state index in [1.165, 1.54) is 32.1 Å². The summed E-state index contributed by atoms with van der Waals surface area (Å²) >= 11 is 0. The predicted molar refractivity (Wildman–Crippen MR) is 93.5 cm³/mol. The van der Waals surface area contributed by atoms with Gasteiger partial charge in [0, 0.05) is 31.7 Å². The highest BCUT2D eigenvalue weighted by Crippen LogP contribution is 2.25. The van der Waals surface area contributed by atoms with Crippen LogP contribution in [0.25, 0.3) is 0 Å². The number of aliphatic hydroxyl groups excluding tert-OH is 1. The first-order valence-corrected chi connectivity index (χ1v) is 9.56. The van der Waals surface area contributed by atoms with Gasteiger partial charge in [-0.3, -0.25) is 0 Å². The summed E-state index contributed by atoms with van der Waals surface area (Å²) in [4.78, 5) is 14.6. The third-order valence-electron chi connectivity index (χ3n) is 5.73. The number of nitrogens with zero attached hydrogens (tertiary/aromatic N) is 1. The van der Waals surface area contributed by atoms with Gasteiger partial charge in [-0.05, 0) is 31.6 Å². The molecule has 2 unspecified atom stereocenters. The monoisotopic (exact) mass is 325 g/mol. The molecular formula is C18H35N3O2. The smallest absolute Gasteiger partial charge is 0.315 e. The van der Waals surface area contributed by atoms with Crippen molar-refractivity contribution < 1.29 is 9.90 Å². The third-order valence-corrected chi connectivity index (χ3v) is 5.73. The summed E-state index contributed by atoms with van der Waals surface area (Å²) in [5.41, 5.74) is 0. The zero-order chi connectivity index (χ0) is 16.7. The summed E-state index contributed by atoms with van der Waals surface area (Å²) in [6.45, 7) is 6.59. The van der Waals surface area contributed by atoms with Gasteiger partial charge in [0.2, 0.25) is 0 Å². The van der Waals surface area contributed by atoms with Crippen molar-refractivity contribution in [2.45, 2.75) is 83.4 Å². The first-order valence-electron chi connectivity index (χ1n) is 9.56. The van der Waals surface area contributed by atoms with Crippen LogP contribution in [0.3, 0.4) is 0 Å². The van der Waals surface area contributed by atoms with Gasteiger partial charge in [-0.15, -0.1) is 0 Å². The molecule has 1 heterocycles. The lowest BCUT2D eigenvalue weighted by molar-refractivity contribution is 0.110. The molecule has 134 valence electrons. The van der Waals surface area contributed by atoms with Crippen LogP contribution in [0.5, 0.6) is 0 Å². The Morgan fingerprint density at radius 1 is 1.17 bits per heavy atom. The van der Waals surface area contributed by atoms with Crippen LogP contribution in [0.4, 0.5) is 4.79 Å². The van der Waals surface area contributed by atoms with Gasteiger partial charge < -0.3 is 20.6 Å². The summed E-state index contributed by atoms with van der Waals surface area (Å²) in [6.07, 6.45) is 9.40. The fourth-order valence-electron chi connectivity index (χ4n) is 3.76. The molecule has 3 N–H and O–H groups in total. The van der Waals surface area contributed by atoms with E-state index in [1.54, 1.807) is 0 Å². The molecule has 1 aliphatic carbocycles. The topological polar surface area (TPSA) is 64.6 Å². The maximum atomic E-state index is 12.0. The number of aliphatic hydroxyl groups is 1. The van der Waals surface area contributed by atoms with Crippen LogP contribution in [0.2, 0.25) is 0 Å². The molecule has 1 saturated heterocycles. The molecule has 2 aliphatic rings. The highest BCUT2D eigenvalue weighted by Gasteiger charge is 2.26. The van der Waals surface area contributed by atoms with Gasteiger partial charge in [0.05, 0.1) is 6.10 Å². The van der Waals surface area contributed by atoms with Gasteiger partial charge in [0.1, 0.15) is 0 Å². The molecule has 2 atom stereocenters. The number of amides is 2. The lowest BCUT2D eigenvalue weighted by Gasteiger charge is -2.39. The van der Waals surface area contributed by atoms with E-state index in [0.717, 1.165) is 38.4 Å². The largest absolute Gasteiger partial charge is 0.391 e. The van der Waals surface area contributed by atoms with Gasteiger partial charge in [-0.25, -0.2) is 4.79 Å². The van der Waals surface area contributed by atoms with Crippen molar-refractivity contribution in [1.82, 2.24) is 15.5 Å². The Bertz CT molecular complexity index is 350. The molecule has 5 heteroatoms. The second kappa shape index (κ2) is 9.48. The lowest BCUT2D eigenvalue weighted by atomic mass is 9.92. The molecule has 0 radical (unpaired) electrons. The van der Waals surface area contributed by atoms with Gasteiger partial charge in [0.15, 0.2) is 0 Å². The number of urea groups is 1. The summed E-state index contributed by atoms with van der Waals surface area (Å²) in [5, 5.41) is 15.8. The van der Waals surface area contributed by atoms with E-state index in [-0.39, 0.29) is 18.0 Å². The van der Waals surface area contributed by atoms with Crippen molar-refractivity contribution in [2.75, 3.05) is 19.6 Å². The fraction of sp³-hybridized carbons (Fsp3) is 0.944. The molecule has 2 fully saturated rings. The molecule has 0 aromatic rings. The van der Waals surface area contributed by atoms with Crippen molar-refractivity contribution in [3.05, 3.63) is 0 Å². The fourth-order valence-corrected chi connectivity index (χ4v) is 3.76. The van der Waals surface area contributed by atoms with E-state index in [2.05, 4.69) is 15.5 Å². The van der Waals surface area contributed by atoms with Crippen molar-refractivity contribution in [2.24, 2.45) is 5.92 Å². The van der Waals surface area contributed by atoms with Crippen molar-refractivity contribution in [3.8, 4) is 0 Å². The molecule has 0 spiro atoms. The van der Waals surface area contributed by atoms with Crippen molar-refractivity contribution in [3.63, 3.8) is 0 Å². The molecule has 5 nitrogen and oxygen atoms in total. The molecule has 0 aromatic carbocycles. The summed E-state index contributed by atoms with van der Waals surface area (Å²) in [5.74, 6) is 0.217. The average molecular weight is 325 g/mol. The number of hydrogen-bond acceptors (Lipinski definition) is 3. The molecule has 0 bridgehead atoms. The minimum atomic E-state index is -0.459. The van der Waals surface area contributed by atoms with Crippen LogP contribution in [0.1, 0.15) is 65.2 Å². The van der Waals surface area contributed by atoms with Crippen LogP contribution in [-0.2, 0) is 0 Å². The molecule has 2 amide bonds. The van der Waals surface area contributed by atoms with Crippen molar-refractivity contribution in [1.29, 1.82) is 0 Å². The summed E-state index contributed by atoms with van der Waals surface area (Å²) < 4.78 is 0. The number of carbonyl (C=O) groups excluding carboxylic acids is 1. The Balaban J connectivity index is 1.62. The number of likely N-dealkylation sites (tertiary alicyclic amines) is 1. The highest BCUT2D eigenvalue weighted by atomic mass is 16.3. The Morgan fingerprint density at radius 3 is 2.43 bits per heavy atom. The van der Waals surface area contributed by atoms with Crippen LogP contribution in [0.15, 0.2) is 0 Å². The number of hydrogen-bond donors (Lipinski definition) is 3. The summed E-state index contributed by atoms with van der Waals surface area (Å²) in [7, 11) is 0. The van der Waals surface area contributed by atoms with Gasteiger partial charge in [0.25, 0.3) is 0 Å². The van der Waals surface area contributed by atoms with Gasteiger partial charge >= 0.3 is 6.03 Å². The van der Waals surface area contributed by atoms with E-state index >= 15 is 0 Å². The third kappa shape index (κ3) is 5.96. The maximum absolute atomic E-state index is 12.0. The number of piperidine rings is 1. The Labute approximate surface area is 141 Å². The molecule has 2 rings (SSSR count). The van der Waals surface area contributed by atoms with Crippen LogP contribution < -0.4 is 10.6 Å². The summed E-state index contributed by atoms with van der Waals surface area (Å²) in [6, 6.07) is 0.920. The SMILES string of the molecule is CCC(C)C(O)CNC(=O)NC1CCN(C2CCCCC2)CC1.